The monoisotopic (exact) mass is 150 g/mol. The first-order chi connectivity index (χ1) is 5.31. The average Bonchev–Trinajstić information content (AvgIpc) is 2.07. The summed E-state index contributed by atoms with van der Waals surface area (Å²) in [4.78, 5) is 0. The molecule has 0 aliphatic carbocycles. The van der Waals surface area contributed by atoms with Crippen LogP contribution in [-0.4, -0.2) is 5.11 Å². The van der Waals surface area contributed by atoms with E-state index in [4.69, 9.17) is 5.11 Å². The van der Waals surface area contributed by atoms with Crippen LogP contribution in [0.5, 0.6) is 5.75 Å². The molecule has 0 aliphatic heterocycles. The highest BCUT2D eigenvalue weighted by atomic mass is 16.3. The Labute approximate surface area is 68.0 Å². The molecule has 1 aromatic carbocycles. The van der Waals surface area contributed by atoms with Gasteiger partial charge in [0.2, 0.25) is 0 Å². The van der Waals surface area contributed by atoms with Crippen molar-refractivity contribution < 1.29 is 5.11 Å². The minimum Gasteiger partial charge on any atom is -0.508 e. The number of phenols is 1. The fourth-order valence-electron chi connectivity index (χ4n) is 0.428. The molecule has 1 aromatic rings. The van der Waals surface area contributed by atoms with Crippen molar-refractivity contribution >= 4 is 0 Å². The quantitative estimate of drug-likeness (QED) is 0.610. The first-order valence-electron chi connectivity index (χ1n) is 3.66. The van der Waals surface area contributed by atoms with Gasteiger partial charge in [0.1, 0.15) is 5.75 Å². The van der Waals surface area contributed by atoms with Gasteiger partial charge in [-0.05, 0) is 18.6 Å². The van der Waals surface area contributed by atoms with Gasteiger partial charge in [-0.3, -0.25) is 0 Å². The Bertz CT molecular complexity index is 179. The maximum atomic E-state index is 8.63. The largest absolute Gasteiger partial charge is 0.508 e. The lowest BCUT2D eigenvalue weighted by Crippen LogP contribution is -1.56. The van der Waals surface area contributed by atoms with E-state index in [1.54, 1.807) is 24.3 Å². The van der Waals surface area contributed by atoms with E-state index in [1.165, 1.54) is 0 Å². The summed E-state index contributed by atoms with van der Waals surface area (Å²) in [5, 5.41) is 8.63. The third-order valence-corrected chi connectivity index (χ3v) is 1.04. The minimum atomic E-state index is 0.322. The van der Waals surface area contributed by atoms with Crippen molar-refractivity contribution in [2.45, 2.75) is 13.3 Å². The highest BCUT2D eigenvalue weighted by molar-refractivity contribution is 5.18. The lowest BCUT2D eigenvalue weighted by molar-refractivity contribution is 0.475. The van der Waals surface area contributed by atoms with Crippen LogP contribution in [0.25, 0.3) is 0 Å². The van der Waals surface area contributed by atoms with Gasteiger partial charge >= 0.3 is 0 Å². The predicted molar refractivity (Wildman–Crippen MR) is 48.6 cm³/mol. The molecule has 1 heteroatoms. The number of hydrogen-bond donors (Lipinski definition) is 1. The molecule has 0 saturated heterocycles. The summed E-state index contributed by atoms with van der Waals surface area (Å²) in [7, 11) is 0. The van der Waals surface area contributed by atoms with Gasteiger partial charge in [-0.1, -0.05) is 31.2 Å². The van der Waals surface area contributed by atoms with Crippen LogP contribution in [0.15, 0.2) is 43.0 Å². The molecule has 60 valence electrons. The summed E-state index contributed by atoms with van der Waals surface area (Å²) < 4.78 is 0. The van der Waals surface area contributed by atoms with Gasteiger partial charge in [0.15, 0.2) is 0 Å². The van der Waals surface area contributed by atoms with Crippen LogP contribution in [0, 0.1) is 0 Å². The van der Waals surface area contributed by atoms with Crippen LogP contribution in [0.1, 0.15) is 13.3 Å². The Balaban J connectivity index is 0.000000218. The molecule has 0 fully saturated rings. The molecule has 1 N–H and O–H groups in total. The molecule has 0 heterocycles. The normalized spacial score (nSPS) is 7.73. The van der Waals surface area contributed by atoms with E-state index in [2.05, 4.69) is 13.5 Å². The zero-order chi connectivity index (χ0) is 8.53. The standard InChI is InChI=1S/C6H6O.C4H8/c7-6-4-2-1-3-5-6;1-3-4-2/h1-5,7H;3H,1,4H2,2H3. The summed E-state index contributed by atoms with van der Waals surface area (Å²) in [6.07, 6.45) is 2.96. The second kappa shape index (κ2) is 6.87. The van der Waals surface area contributed by atoms with Gasteiger partial charge in [-0.25, -0.2) is 0 Å². The van der Waals surface area contributed by atoms with Gasteiger partial charge < -0.3 is 5.11 Å². The number of aromatic hydroxyl groups is 1. The van der Waals surface area contributed by atoms with E-state index in [1.807, 2.05) is 12.1 Å². The maximum absolute atomic E-state index is 8.63. The second-order valence-electron chi connectivity index (χ2n) is 2.03. The second-order valence-corrected chi connectivity index (χ2v) is 2.03. The van der Waals surface area contributed by atoms with E-state index in [0.29, 0.717) is 5.75 Å². The highest BCUT2D eigenvalue weighted by Crippen LogP contribution is 2.02. The van der Waals surface area contributed by atoms with E-state index in [9.17, 15) is 0 Å². The van der Waals surface area contributed by atoms with Crippen LogP contribution >= 0.6 is 0 Å². The summed E-state index contributed by atoms with van der Waals surface area (Å²) in [5.74, 6) is 0.322. The number of rotatable bonds is 1. The molecule has 0 aliphatic rings. The van der Waals surface area contributed by atoms with E-state index in [-0.39, 0.29) is 0 Å². The first-order valence-corrected chi connectivity index (χ1v) is 3.66. The Hall–Kier alpha value is -1.24. The maximum Gasteiger partial charge on any atom is 0.115 e. The molecule has 0 radical (unpaired) electrons. The van der Waals surface area contributed by atoms with Gasteiger partial charge in [0.25, 0.3) is 0 Å². The van der Waals surface area contributed by atoms with Crippen molar-refractivity contribution in [3.05, 3.63) is 43.0 Å². The predicted octanol–water partition coefficient (Wildman–Crippen LogP) is 2.97. The van der Waals surface area contributed by atoms with Gasteiger partial charge in [-0.15, -0.1) is 6.58 Å². The number of allylic oxidation sites excluding steroid dienone is 1. The molecular weight excluding hydrogens is 136 g/mol. The summed E-state index contributed by atoms with van der Waals surface area (Å²) in [6.45, 7) is 5.54. The van der Waals surface area contributed by atoms with E-state index >= 15 is 0 Å². The molecule has 0 amide bonds. The molecular formula is C10H14O. The van der Waals surface area contributed by atoms with Crippen molar-refractivity contribution in [1.29, 1.82) is 0 Å². The molecule has 0 unspecified atom stereocenters. The van der Waals surface area contributed by atoms with Crippen LogP contribution < -0.4 is 0 Å². The van der Waals surface area contributed by atoms with Gasteiger partial charge in [0.05, 0.1) is 0 Å². The third-order valence-electron chi connectivity index (χ3n) is 1.04. The van der Waals surface area contributed by atoms with Crippen molar-refractivity contribution in [3.63, 3.8) is 0 Å². The molecule has 0 aromatic heterocycles. The molecule has 1 nitrogen and oxygen atoms in total. The Morgan fingerprint density at radius 3 is 2.00 bits per heavy atom. The minimum absolute atomic E-state index is 0.322. The van der Waals surface area contributed by atoms with Crippen molar-refractivity contribution in [2.24, 2.45) is 0 Å². The topological polar surface area (TPSA) is 20.2 Å². The van der Waals surface area contributed by atoms with Crippen molar-refractivity contribution in [2.75, 3.05) is 0 Å². The van der Waals surface area contributed by atoms with Crippen LogP contribution in [0.4, 0.5) is 0 Å². The van der Waals surface area contributed by atoms with Crippen LogP contribution in [0.2, 0.25) is 0 Å². The van der Waals surface area contributed by atoms with Crippen molar-refractivity contribution in [3.8, 4) is 5.75 Å². The molecule has 0 saturated carbocycles. The molecule has 0 bridgehead atoms. The smallest absolute Gasteiger partial charge is 0.115 e. The summed E-state index contributed by atoms with van der Waals surface area (Å²) >= 11 is 0. The molecule has 0 atom stereocenters. The van der Waals surface area contributed by atoms with Crippen LogP contribution in [-0.2, 0) is 0 Å². The number of benzene rings is 1. The lowest BCUT2D eigenvalue weighted by atomic mass is 10.3. The number of hydrogen-bond acceptors (Lipinski definition) is 1. The Kier molecular flexibility index (Phi) is 6.10. The third kappa shape index (κ3) is 6.65. The number of phenolic OH excluding ortho intramolecular Hbond substituents is 1. The fourth-order valence-corrected chi connectivity index (χ4v) is 0.428. The van der Waals surface area contributed by atoms with Gasteiger partial charge in [-0.2, -0.15) is 0 Å². The number of para-hydroxylation sites is 1. The fraction of sp³-hybridized carbons (Fsp3) is 0.200. The molecule has 1 rings (SSSR count). The summed E-state index contributed by atoms with van der Waals surface area (Å²) in [6, 6.07) is 8.71. The SMILES string of the molecule is C=CCC.Oc1ccccc1. The zero-order valence-electron chi connectivity index (χ0n) is 6.83. The summed E-state index contributed by atoms with van der Waals surface area (Å²) in [5.41, 5.74) is 0. The van der Waals surface area contributed by atoms with Crippen molar-refractivity contribution in [1.82, 2.24) is 0 Å². The van der Waals surface area contributed by atoms with Gasteiger partial charge in [0, 0.05) is 0 Å². The lowest BCUT2D eigenvalue weighted by Gasteiger charge is -1.82. The zero-order valence-corrected chi connectivity index (χ0v) is 6.83. The Morgan fingerprint density at radius 1 is 1.36 bits per heavy atom. The Morgan fingerprint density at radius 2 is 1.82 bits per heavy atom. The molecule has 11 heavy (non-hydrogen) atoms. The average molecular weight is 150 g/mol. The van der Waals surface area contributed by atoms with E-state index in [0.717, 1.165) is 6.42 Å². The first kappa shape index (κ1) is 9.76. The molecule has 0 spiro atoms. The highest BCUT2D eigenvalue weighted by Gasteiger charge is 1.74. The van der Waals surface area contributed by atoms with E-state index < -0.39 is 0 Å². The van der Waals surface area contributed by atoms with Crippen LogP contribution in [0.3, 0.4) is 0 Å².